The molecule has 1 atom stereocenters. The molecule has 0 radical (unpaired) electrons. The van der Waals surface area contributed by atoms with Crippen LogP contribution in [0.4, 0.5) is 0 Å². The van der Waals surface area contributed by atoms with Crippen molar-refractivity contribution in [2.45, 2.75) is 30.2 Å². The Morgan fingerprint density at radius 3 is 2.48 bits per heavy atom. The molecule has 0 spiro atoms. The fourth-order valence-corrected chi connectivity index (χ4v) is 4.68. The SMILES string of the molecule is COc1cccc(OC)c1CN1CCCC(c2ncccc2S(C)(=O)=O)C1. The number of pyridine rings is 1. The third kappa shape index (κ3) is 4.42. The fraction of sp³-hybridized carbons (Fsp3) is 0.450. The number of piperidine rings is 1. The maximum atomic E-state index is 12.1. The third-order valence-corrected chi connectivity index (χ3v) is 6.15. The van der Waals surface area contributed by atoms with Crippen molar-refractivity contribution < 1.29 is 17.9 Å². The second kappa shape index (κ2) is 8.27. The number of aromatic nitrogens is 1. The molecule has 0 aliphatic carbocycles. The number of nitrogens with zero attached hydrogens (tertiary/aromatic N) is 2. The van der Waals surface area contributed by atoms with Crippen molar-refractivity contribution in [1.29, 1.82) is 0 Å². The molecule has 146 valence electrons. The van der Waals surface area contributed by atoms with Crippen LogP contribution in [0.3, 0.4) is 0 Å². The number of hydrogen-bond donors (Lipinski definition) is 0. The van der Waals surface area contributed by atoms with Gasteiger partial charge in [0.05, 0.1) is 30.4 Å². The van der Waals surface area contributed by atoms with E-state index in [0.717, 1.165) is 43.0 Å². The van der Waals surface area contributed by atoms with Crippen LogP contribution in [0.2, 0.25) is 0 Å². The van der Waals surface area contributed by atoms with Crippen LogP contribution in [-0.2, 0) is 16.4 Å². The van der Waals surface area contributed by atoms with Crippen LogP contribution >= 0.6 is 0 Å². The smallest absolute Gasteiger partial charge is 0.177 e. The van der Waals surface area contributed by atoms with Gasteiger partial charge in [0.1, 0.15) is 11.5 Å². The minimum atomic E-state index is -3.30. The first-order valence-electron chi connectivity index (χ1n) is 9.01. The predicted molar refractivity (Wildman–Crippen MR) is 104 cm³/mol. The highest BCUT2D eigenvalue weighted by Gasteiger charge is 2.28. The number of ether oxygens (including phenoxy) is 2. The molecule has 0 bridgehead atoms. The summed E-state index contributed by atoms with van der Waals surface area (Å²) in [5, 5.41) is 0. The van der Waals surface area contributed by atoms with E-state index in [0.29, 0.717) is 17.1 Å². The molecule has 2 heterocycles. The lowest BCUT2D eigenvalue weighted by Gasteiger charge is -2.33. The van der Waals surface area contributed by atoms with Crippen molar-refractivity contribution in [2.24, 2.45) is 0 Å². The largest absolute Gasteiger partial charge is 0.496 e. The van der Waals surface area contributed by atoms with Crippen LogP contribution in [0, 0.1) is 0 Å². The summed E-state index contributed by atoms with van der Waals surface area (Å²) in [7, 11) is 0.0111. The van der Waals surface area contributed by atoms with E-state index in [1.54, 1.807) is 32.5 Å². The molecule has 6 nitrogen and oxygen atoms in total. The molecule has 3 rings (SSSR count). The normalized spacial score (nSPS) is 18.3. The second-order valence-corrected chi connectivity index (χ2v) is 8.86. The lowest BCUT2D eigenvalue weighted by molar-refractivity contribution is 0.193. The molecule has 0 amide bonds. The highest BCUT2D eigenvalue weighted by molar-refractivity contribution is 7.90. The molecule has 7 heteroatoms. The third-order valence-electron chi connectivity index (χ3n) is 5.00. The van der Waals surface area contributed by atoms with Crippen LogP contribution in [0.25, 0.3) is 0 Å². The summed E-state index contributed by atoms with van der Waals surface area (Å²) in [6.07, 6.45) is 4.83. The Hall–Kier alpha value is -2.12. The molecule has 1 aromatic heterocycles. The van der Waals surface area contributed by atoms with E-state index in [-0.39, 0.29) is 5.92 Å². The van der Waals surface area contributed by atoms with E-state index in [1.165, 1.54) is 6.26 Å². The maximum absolute atomic E-state index is 12.1. The van der Waals surface area contributed by atoms with Gasteiger partial charge in [0.2, 0.25) is 0 Å². The molecule has 1 unspecified atom stereocenters. The molecule has 0 N–H and O–H groups in total. The Labute approximate surface area is 161 Å². The summed E-state index contributed by atoms with van der Waals surface area (Å²) in [5.41, 5.74) is 1.68. The van der Waals surface area contributed by atoms with Gasteiger partial charge in [-0.3, -0.25) is 9.88 Å². The van der Waals surface area contributed by atoms with Crippen molar-refractivity contribution in [3.63, 3.8) is 0 Å². The number of benzene rings is 1. The number of methoxy groups -OCH3 is 2. The van der Waals surface area contributed by atoms with E-state index in [4.69, 9.17) is 9.47 Å². The summed E-state index contributed by atoms with van der Waals surface area (Å²) in [6.45, 7) is 2.38. The Balaban J connectivity index is 1.85. The molecule has 27 heavy (non-hydrogen) atoms. The van der Waals surface area contributed by atoms with Crippen molar-refractivity contribution in [1.82, 2.24) is 9.88 Å². The van der Waals surface area contributed by atoms with Crippen LogP contribution in [0.5, 0.6) is 11.5 Å². The van der Waals surface area contributed by atoms with E-state index in [1.807, 2.05) is 18.2 Å². The Bertz CT molecular complexity index is 876. The molecule has 1 aliphatic heterocycles. The highest BCUT2D eigenvalue weighted by atomic mass is 32.2. The minimum Gasteiger partial charge on any atom is -0.496 e. The number of rotatable bonds is 6. The number of sulfone groups is 1. The van der Waals surface area contributed by atoms with Crippen LogP contribution in [0.1, 0.15) is 30.0 Å². The predicted octanol–water partition coefficient (Wildman–Crippen LogP) is 2.88. The van der Waals surface area contributed by atoms with Crippen molar-refractivity contribution in [3.8, 4) is 11.5 Å². The molecular weight excluding hydrogens is 364 g/mol. The molecule has 1 saturated heterocycles. The van der Waals surface area contributed by atoms with E-state index in [9.17, 15) is 8.42 Å². The van der Waals surface area contributed by atoms with Gasteiger partial charge < -0.3 is 9.47 Å². The lowest BCUT2D eigenvalue weighted by atomic mass is 9.93. The average Bonchev–Trinajstić information content (AvgIpc) is 2.67. The Morgan fingerprint density at radius 2 is 1.85 bits per heavy atom. The highest BCUT2D eigenvalue weighted by Crippen LogP contribution is 2.34. The quantitative estimate of drug-likeness (QED) is 0.755. The molecular formula is C20H26N2O4S. The van der Waals surface area contributed by atoms with Crippen LogP contribution in [0.15, 0.2) is 41.4 Å². The fourth-order valence-electron chi connectivity index (χ4n) is 3.75. The zero-order valence-electron chi connectivity index (χ0n) is 16.0. The van der Waals surface area contributed by atoms with Gasteiger partial charge in [-0.15, -0.1) is 0 Å². The summed E-state index contributed by atoms with van der Waals surface area (Å²) in [5.74, 6) is 1.68. The summed E-state index contributed by atoms with van der Waals surface area (Å²) < 4.78 is 35.3. The molecule has 1 fully saturated rings. The van der Waals surface area contributed by atoms with Crippen molar-refractivity contribution in [3.05, 3.63) is 47.8 Å². The van der Waals surface area contributed by atoms with Crippen molar-refractivity contribution in [2.75, 3.05) is 33.6 Å². The summed E-state index contributed by atoms with van der Waals surface area (Å²) in [4.78, 5) is 7.08. The Kier molecular flexibility index (Phi) is 6.01. The molecule has 1 aromatic carbocycles. The standard InChI is InChI=1S/C20H26N2O4S/c1-25-17-8-4-9-18(26-2)16(17)14-22-12-6-7-15(13-22)20-19(27(3,23)24)10-5-11-21-20/h4-5,8-11,15H,6-7,12-14H2,1-3H3. The first kappa shape index (κ1) is 19.6. The summed E-state index contributed by atoms with van der Waals surface area (Å²) in [6, 6.07) is 9.10. The molecule has 2 aromatic rings. The van der Waals surface area contributed by atoms with Gasteiger partial charge in [-0.1, -0.05) is 6.07 Å². The minimum absolute atomic E-state index is 0.0883. The second-order valence-electron chi connectivity index (χ2n) is 6.87. The zero-order valence-corrected chi connectivity index (χ0v) is 16.8. The molecule has 0 saturated carbocycles. The van der Waals surface area contributed by atoms with Crippen molar-refractivity contribution >= 4 is 9.84 Å². The first-order valence-corrected chi connectivity index (χ1v) is 10.9. The zero-order chi connectivity index (χ0) is 19.4. The summed E-state index contributed by atoms with van der Waals surface area (Å²) >= 11 is 0. The maximum Gasteiger partial charge on any atom is 0.177 e. The Morgan fingerprint density at radius 1 is 1.15 bits per heavy atom. The van der Waals surface area contributed by atoms with Gasteiger partial charge in [-0.2, -0.15) is 0 Å². The van der Waals surface area contributed by atoms with Gasteiger partial charge in [0.25, 0.3) is 0 Å². The van der Waals surface area contributed by atoms with E-state index in [2.05, 4.69) is 9.88 Å². The van der Waals surface area contributed by atoms with E-state index >= 15 is 0 Å². The van der Waals surface area contributed by atoms with Crippen LogP contribution < -0.4 is 9.47 Å². The van der Waals surface area contributed by atoms with Gasteiger partial charge in [0, 0.05) is 31.5 Å². The van der Waals surface area contributed by atoms with Gasteiger partial charge >= 0.3 is 0 Å². The van der Waals surface area contributed by atoms with Gasteiger partial charge in [0.15, 0.2) is 9.84 Å². The number of hydrogen-bond acceptors (Lipinski definition) is 6. The van der Waals surface area contributed by atoms with E-state index < -0.39 is 9.84 Å². The first-order chi connectivity index (χ1) is 12.9. The number of likely N-dealkylation sites (tertiary alicyclic amines) is 1. The topological polar surface area (TPSA) is 68.7 Å². The lowest BCUT2D eigenvalue weighted by Crippen LogP contribution is -2.35. The monoisotopic (exact) mass is 390 g/mol. The average molecular weight is 391 g/mol. The van der Waals surface area contributed by atoms with Gasteiger partial charge in [-0.05, 0) is 43.7 Å². The molecule has 1 aliphatic rings. The van der Waals surface area contributed by atoms with Crippen LogP contribution in [-0.4, -0.2) is 51.9 Å². The van der Waals surface area contributed by atoms with Gasteiger partial charge in [-0.25, -0.2) is 8.42 Å².